The van der Waals surface area contributed by atoms with E-state index in [2.05, 4.69) is 38.0 Å². The molecule has 1 aliphatic rings. The predicted octanol–water partition coefficient (Wildman–Crippen LogP) is 1.38. The standard InChI is InChI=1S/C17H27N7/c1-21(2)16-7-9-18-17(19-16)23(4)15-6-5-10-24(13-15)12-14-8-11-22(3)20-14/h7-9,11,15H,5-6,10,12-13H2,1-4H3. The molecule has 2 aromatic heterocycles. The third-order valence-electron chi connectivity index (χ3n) is 4.58. The first-order valence-electron chi connectivity index (χ1n) is 8.47. The van der Waals surface area contributed by atoms with Crippen LogP contribution in [0.25, 0.3) is 0 Å². The second-order valence-electron chi connectivity index (χ2n) is 6.73. The van der Waals surface area contributed by atoms with E-state index >= 15 is 0 Å². The Bertz CT molecular complexity index is 666. The molecule has 0 aliphatic carbocycles. The number of nitrogens with zero attached hydrogens (tertiary/aromatic N) is 7. The lowest BCUT2D eigenvalue weighted by atomic mass is 10.0. The highest BCUT2D eigenvalue weighted by atomic mass is 15.3. The second kappa shape index (κ2) is 7.17. The number of aryl methyl sites for hydroxylation is 1. The Balaban J connectivity index is 1.66. The fourth-order valence-electron chi connectivity index (χ4n) is 3.19. The number of piperidine rings is 1. The van der Waals surface area contributed by atoms with Crippen LogP contribution in [0.15, 0.2) is 24.5 Å². The molecule has 0 saturated carbocycles. The first-order chi connectivity index (χ1) is 11.5. The molecule has 1 saturated heterocycles. The zero-order chi connectivity index (χ0) is 17.1. The maximum Gasteiger partial charge on any atom is 0.227 e. The van der Waals surface area contributed by atoms with Gasteiger partial charge in [-0.3, -0.25) is 9.58 Å². The molecule has 0 radical (unpaired) electrons. The molecule has 1 atom stereocenters. The molecule has 0 spiro atoms. The molecule has 0 aromatic carbocycles. The fraction of sp³-hybridized carbons (Fsp3) is 0.588. The predicted molar refractivity (Wildman–Crippen MR) is 96.3 cm³/mol. The van der Waals surface area contributed by atoms with Crippen LogP contribution < -0.4 is 9.80 Å². The Hall–Kier alpha value is -2.15. The van der Waals surface area contributed by atoms with E-state index in [9.17, 15) is 0 Å². The van der Waals surface area contributed by atoms with Crippen molar-refractivity contribution in [2.24, 2.45) is 7.05 Å². The number of hydrogen-bond donors (Lipinski definition) is 0. The molecule has 0 bridgehead atoms. The lowest BCUT2D eigenvalue weighted by Gasteiger charge is -2.37. The molecule has 24 heavy (non-hydrogen) atoms. The van der Waals surface area contributed by atoms with Crippen molar-refractivity contribution in [3.63, 3.8) is 0 Å². The van der Waals surface area contributed by atoms with Crippen molar-refractivity contribution in [3.05, 3.63) is 30.2 Å². The highest BCUT2D eigenvalue weighted by Gasteiger charge is 2.25. The van der Waals surface area contributed by atoms with E-state index in [0.29, 0.717) is 6.04 Å². The van der Waals surface area contributed by atoms with E-state index in [-0.39, 0.29) is 0 Å². The van der Waals surface area contributed by atoms with Crippen LogP contribution in [-0.2, 0) is 13.6 Å². The van der Waals surface area contributed by atoms with E-state index in [4.69, 9.17) is 0 Å². The normalized spacial score (nSPS) is 18.6. The van der Waals surface area contributed by atoms with Crippen molar-refractivity contribution in [1.82, 2.24) is 24.6 Å². The van der Waals surface area contributed by atoms with Crippen molar-refractivity contribution >= 4 is 11.8 Å². The fourth-order valence-corrected chi connectivity index (χ4v) is 3.19. The van der Waals surface area contributed by atoms with E-state index in [1.165, 1.54) is 12.8 Å². The first-order valence-corrected chi connectivity index (χ1v) is 8.47. The maximum atomic E-state index is 4.67. The minimum absolute atomic E-state index is 0.430. The van der Waals surface area contributed by atoms with E-state index in [0.717, 1.165) is 37.1 Å². The zero-order valence-electron chi connectivity index (χ0n) is 15.1. The molecule has 2 aromatic rings. The van der Waals surface area contributed by atoms with Gasteiger partial charge in [-0.2, -0.15) is 10.1 Å². The number of aromatic nitrogens is 4. The zero-order valence-corrected chi connectivity index (χ0v) is 15.1. The Morgan fingerprint density at radius 2 is 2.08 bits per heavy atom. The third kappa shape index (κ3) is 3.84. The van der Waals surface area contributed by atoms with E-state index < -0.39 is 0 Å². The summed E-state index contributed by atoms with van der Waals surface area (Å²) >= 11 is 0. The van der Waals surface area contributed by atoms with Crippen LogP contribution in [-0.4, -0.2) is 64.9 Å². The van der Waals surface area contributed by atoms with Gasteiger partial charge < -0.3 is 9.80 Å². The topological polar surface area (TPSA) is 53.3 Å². The first kappa shape index (κ1) is 16.7. The summed E-state index contributed by atoms with van der Waals surface area (Å²) in [5, 5.41) is 4.50. The molecule has 1 unspecified atom stereocenters. The van der Waals surface area contributed by atoms with Crippen LogP contribution in [0.4, 0.5) is 11.8 Å². The summed E-state index contributed by atoms with van der Waals surface area (Å²) in [6, 6.07) is 4.46. The minimum Gasteiger partial charge on any atom is -0.363 e. The Morgan fingerprint density at radius 1 is 1.25 bits per heavy atom. The van der Waals surface area contributed by atoms with Gasteiger partial charge in [0.25, 0.3) is 0 Å². The Labute approximate surface area is 143 Å². The Morgan fingerprint density at radius 3 is 2.79 bits per heavy atom. The lowest BCUT2D eigenvalue weighted by molar-refractivity contribution is 0.195. The molecule has 130 valence electrons. The molecular formula is C17H27N7. The van der Waals surface area contributed by atoms with Crippen LogP contribution in [0.2, 0.25) is 0 Å². The third-order valence-corrected chi connectivity index (χ3v) is 4.58. The summed E-state index contributed by atoms with van der Waals surface area (Å²) < 4.78 is 1.86. The Kier molecular flexibility index (Phi) is 4.99. The van der Waals surface area contributed by atoms with Crippen molar-refractivity contribution in [3.8, 4) is 0 Å². The van der Waals surface area contributed by atoms with Gasteiger partial charge in [-0.1, -0.05) is 0 Å². The highest BCUT2D eigenvalue weighted by molar-refractivity contribution is 5.42. The summed E-state index contributed by atoms with van der Waals surface area (Å²) in [6.45, 7) is 3.05. The van der Waals surface area contributed by atoms with Crippen LogP contribution in [0, 0.1) is 0 Å². The van der Waals surface area contributed by atoms with Crippen molar-refractivity contribution in [2.75, 3.05) is 44.0 Å². The summed E-state index contributed by atoms with van der Waals surface area (Å²) in [7, 11) is 8.07. The van der Waals surface area contributed by atoms with Gasteiger partial charge in [-0.25, -0.2) is 4.98 Å². The molecule has 3 rings (SSSR count). The molecular weight excluding hydrogens is 302 g/mol. The molecule has 1 aliphatic heterocycles. The van der Waals surface area contributed by atoms with Gasteiger partial charge in [0.05, 0.1) is 5.69 Å². The minimum atomic E-state index is 0.430. The number of rotatable bonds is 5. The molecule has 7 heteroatoms. The van der Waals surface area contributed by atoms with Crippen LogP contribution >= 0.6 is 0 Å². The summed E-state index contributed by atoms with van der Waals surface area (Å²) in [5.74, 6) is 1.74. The molecule has 0 amide bonds. The van der Waals surface area contributed by atoms with Gasteiger partial charge in [-0.15, -0.1) is 0 Å². The summed E-state index contributed by atoms with van der Waals surface area (Å²) in [6.07, 6.45) is 6.20. The summed E-state index contributed by atoms with van der Waals surface area (Å²) in [4.78, 5) is 15.8. The van der Waals surface area contributed by atoms with Crippen molar-refractivity contribution < 1.29 is 0 Å². The number of hydrogen-bond acceptors (Lipinski definition) is 6. The van der Waals surface area contributed by atoms with Crippen LogP contribution in [0.3, 0.4) is 0 Å². The number of likely N-dealkylation sites (tertiary alicyclic amines) is 1. The largest absolute Gasteiger partial charge is 0.363 e. The molecule has 3 heterocycles. The van der Waals surface area contributed by atoms with Gasteiger partial charge in [0.15, 0.2) is 0 Å². The molecule has 0 N–H and O–H groups in total. The smallest absolute Gasteiger partial charge is 0.227 e. The van der Waals surface area contributed by atoms with Gasteiger partial charge in [-0.05, 0) is 31.5 Å². The van der Waals surface area contributed by atoms with Crippen molar-refractivity contribution in [2.45, 2.75) is 25.4 Å². The van der Waals surface area contributed by atoms with Crippen LogP contribution in [0.5, 0.6) is 0 Å². The average molecular weight is 329 g/mol. The molecule has 1 fully saturated rings. The van der Waals surface area contributed by atoms with Gasteiger partial charge >= 0.3 is 0 Å². The lowest BCUT2D eigenvalue weighted by Crippen LogP contribution is -2.46. The second-order valence-corrected chi connectivity index (χ2v) is 6.73. The van der Waals surface area contributed by atoms with Gasteiger partial charge in [0, 0.05) is 59.7 Å². The van der Waals surface area contributed by atoms with E-state index in [1.807, 2.05) is 49.2 Å². The van der Waals surface area contributed by atoms with E-state index in [1.54, 1.807) is 0 Å². The molecule has 7 nitrogen and oxygen atoms in total. The average Bonchev–Trinajstić information content (AvgIpc) is 2.99. The van der Waals surface area contributed by atoms with Gasteiger partial charge in [0.1, 0.15) is 5.82 Å². The monoisotopic (exact) mass is 329 g/mol. The highest BCUT2D eigenvalue weighted by Crippen LogP contribution is 2.21. The number of likely N-dealkylation sites (N-methyl/N-ethyl adjacent to an activating group) is 1. The quantitative estimate of drug-likeness (QED) is 0.826. The maximum absolute atomic E-state index is 4.67. The SMILES string of the molecule is CN(C)c1ccnc(N(C)C2CCCN(Cc3ccn(C)n3)C2)n1. The van der Waals surface area contributed by atoms with Crippen LogP contribution in [0.1, 0.15) is 18.5 Å². The van der Waals surface area contributed by atoms with Gasteiger partial charge in [0.2, 0.25) is 5.95 Å². The number of anilines is 2. The van der Waals surface area contributed by atoms with Crippen molar-refractivity contribution in [1.29, 1.82) is 0 Å². The summed E-state index contributed by atoms with van der Waals surface area (Å²) in [5.41, 5.74) is 1.13.